The molecular formula is C12H20ClN3. The quantitative estimate of drug-likeness (QED) is 0.878. The zero-order chi connectivity index (χ0) is 11.5. The Kier molecular flexibility index (Phi) is 3.87. The van der Waals surface area contributed by atoms with Crippen molar-refractivity contribution in [3.05, 3.63) is 16.7 Å². The average molecular weight is 242 g/mol. The molecule has 0 spiro atoms. The van der Waals surface area contributed by atoms with Crippen LogP contribution in [0.25, 0.3) is 0 Å². The van der Waals surface area contributed by atoms with Crippen molar-refractivity contribution in [1.82, 2.24) is 14.9 Å². The Morgan fingerprint density at radius 1 is 1.44 bits per heavy atom. The maximum Gasteiger partial charge on any atom is 0.131 e. The third kappa shape index (κ3) is 2.25. The van der Waals surface area contributed by atoms with Crippen LogP contribution in [0.15, 0.2) is 0 Å². The van der Waals surface area contributed by atoms with Gasteiger partial charge in [0.1, 0.15) is 11.0 Å². The molecule has 4 heteroatoms. The van der Waals surface area contributed by atoms with Gasteiger partial charge < -0.3 is 9.88 Å². The lowest BCUT2D eigenvalue weighted by atomic mass is 10.1. The van der Waals surface area contributed by atoms with Gasteiger partial charge in [-0.3, -0.25) is 0 Å². The van der Waals surface area contributed by atoms with Crippen LogP contribution in [0.3, 0.4) is 0 Å². The number of likely N-dealkylation sites (N-methyl/N-ethyl adjacent to an activating group) is 1. The van der Waals surface area contributed by atoms with Gasteiger partial charge in [-0.1, -0.05) is 24.4 Å². The van der Waals surface area contributed by atoms with Gasteiger partial charge >= 0.3 is 0 Å². The molecule has 1 aromatic heterocycles. The Balaban J connectivity index is 2.18. The normalized spacial score (nSPS) is 17.2. The molecule has 1 saturated carbocycles. The summed E-state index contributed by atoms with van der Waals surface area (Å²) in [4.78, 5) is 4.72. The van der Waals surface area contributed by atoms with Gasteiger partial charge in [0.15, 0.2) is 0 Å². The van der Waals surface area contributed by atoms with Crippen molar-refractivity contribution in [3.8, 4) is 0 Å². The molecule has 3 nitrogen and oxygen atoms in total. The van der Waals surface area contributed by atoms with Gasteiger partial charge in [-0.15, -0.1) is 0 Å². The second-order valence-corrected chi connectivity index (χ2v) is 4.96. The van der Waals surface area contributed by atoms with Crippen molar-refractivity contribution in [2.45, 2.75) is 38.0 Å². The molecule has 1 fully saturated rings. The number of rotatable bonds is 4. The number of nitrogens with one attached hydrogen (secondary N) is 1. The lowest BCUT2D eigenvalue weighted by Gasteiger charge is -2.08. The second kappa shape index (κ2) is 5.19. The molecule has 0 bridgehead atoms. The van der Waals surface area contributed by atoms with Crippen LogP contribution in [0.2, 0.25) is 5.15 Å². The lowest BCUT2D eigenvalue weighted by Crippen LogP contribution is -2.10. The summed E-state index contributed by atoms with van der Waals surface area (Å²) in [5.41, 5.74) is 1.04. The molecule has 1 aromatic rings. The summed E-state index contributed by atoms with van der Waals surface area (Å²) < 4.78 is 2.07. The van der Waals surface area contributed by atoms with E-state index in [2.05, 4.69) is 9.88 Å². The number of imidazole rings is 1. The second-order valence-electron chi connectivity index (χ2n) is 4.60. The fourth-order valence-corrected chi connectivity index (χ4v) is 2.73. The van der Waals surface area contributed by atoms with Crippen molar-refractivity contribution in [3.63, 3.8) is 0 Å². The van der Waals surface area contributed by atoms with E-state index in [1.807, 2.05) is 14.1 Å². The summed E-state index contributed by atoms with van der Waals surface area (Å²) in [7, 11) is 3.99. The Bertz CT molecular complexity index is 353. The molecule has 2 rings (SSSR count). The molecule has 0 amide bonds. The van der Waals surface area contributed by atoms with E-state index >= 15 is 0 Å². The van der Waals surface area contributed by atoms with Crippen LogP contribution in [-0.2, 0) is 13.5 Å². The number of hydrogen-bond acceptors (Lipinski definition) is 2. The fourth-order valence-electron chi connectivity index (χ4n) is 2.51. The van der Waals surface area contributed by atoms with Crippen LogP contribution in [-0.4, -0.2) is 23.1 Å². The van der Waals surface area contributed by atoms with Crippen molar-refractivity contribution in [2.24, 2.45) is 7.05 Å². The van der Waals surface area contributed by atoms with E-state index in [0.29, 0.717) is 5.92 Å². The first-order valence-corrected chi connectivity index (χ1v) is 6.47. The topological polar surface area (TPSA) is 29.9 Å². The minimum atomic E-state index is 0.630. The van der Waals surface area contributed by atoms with Crippen LogP contribution in [0.4, 0.5) is 0 Å². The van der Waals surface area contributed by atoms with E-state index in [9.17, 15) is 0 Å². The minimum Gasteiger partial charge on any atom is -0.322 e. The van der Waals surface area contributed by atoms with Crippen molar-refractivity contribution < 1.29 is 0 Å². The van der Waals surface area contributed by atoms with Gasteiger partial charge in [0.05, 0.1) is 5.69 Å². The van der Waals surface area contributed by atoms with Gasteiger partial charge in [0, 0.05) is 25.9 Å². The molecule has 0 radical (unpaired) electrons. The number of aromatic nitrogens is 2. The first-order chi connectivity index (χ1) is 7.74. The van der Waals surface area contributed by atoms with E-state index < -0.39 is 0 Å². The molecule has 0 aromatic carbocycles. The number of nitrogens with zero attached hydrogens (tertiary/aromatic N) is 2. The highest BCUT2D eigenvalue weighted by Gasteiger charge is 2.23. The van der Waals surface area contributed by atoms with Crippen LogP contribution in [0, 0.1) is 0 Å². The molecule has 0 atom stereocenters. The minimum absolute atomic E-state index is 0.630. The molecule has 1 aliphatic carbocycles. The summed E-state index contributed by atoms with van der Waals surface area (Å²) in [6.07, 6.45) is 6.12. The van der Waals surface area contributed by atoms with Gasteiger partial charge in [-0.05, 0) is 19.9 Å². The molecule has 0 unspecified atom stereocenters. The zero-order valence-electron chi connectivity index (χ0n) is 10.1. The first kappa shape index (κ1) is 11.9. The molecule has 1 heterocycles. The predicted octanol–water partition coefficient (Wildman–Crippen LogP) is 2.49. The largest absolute Gasteiger partial charge is 0.322 e. The molecule has 1 N–H and O–H groups in total. The van der Waals surface area contributed by atoms with E-state index in [0.717, 1.165) is 23.8 Å². The maximum atomic E-state index is 6.30. The van der Waals surface area contributed by atoms with E-state index in [1.165, 1.54) is 31.5 Å². The summed E-state index contributed by atoms with van der Waals surface area (Å²) >= 11 is 6.30. The van der Waals surface area contributed by atoms with E-state index in [4.69, 9.17) is 16.6 Å². The summed E-state index contributed by atoms with van der Waals surface area (Å²) in [6.45, 7) is 0.931. The monoisotopic (exact) mass is 241 g/mol. The van der Waals surface area contributed by atoms with Crippen LogP contribution in [0.1, 0.15) is 43.1 Å². The van der Waals surface area contributed by atoms with Crippen LogP contribution < -0.4 is 5.32 Å². The molecule has 0 aliphatic heterocycles. The van der Waals surface area contributed by atoms with Gasteiger partial charge in [-0.25, -0.2) is 4.98 Å². The molecule has 16 heavy (non-hydrogen) atoms. The number of hydrogen-bond donors (Lipinski definition) is 1. The highest BCUT2D eigenvalue weighted by molar-refractivity contribution is 6.30. The lowest BCUT2D eigenvalue weighted by molar-refractivity contribution is 0.631. The Hall–Kier alpha value is -0.540. The van der Waals surface area contributed by atoms with Gasteiger partial charge in [-0.2, -0.15) is 0 Å². The summed E-state index contributed by atoms with van der Waals surface area (Å²) in [5, 5.41) is 3.95. The maximum absolute atomic E-state index is 6.30. The zero-order valence-corrected chi connectivity index (χ0v) is 10.8. The van der Waals surface area contributed by atoms with Crippen molar-refractivity contribution >= 4 is 11.6 Å². The molecule has 1 aliphatic rings. The SMILES string of the molecule is CNCCc1nc(C2CCCC2)n(C)c1Cl. The number of halogens is 1. The van der Waals surface area contributed by atoms with E-state index in [-0.39, 0.29) is 0 Å². The standard InChI is InChI=1S/C12H20ClN3/c1-14-8-7-10-11(13)16(2)12(15-10)9-5-3-4-6-9/h9,14H,3-8H2,1-2H3. The fraction of sp³-hybridized carbons (Fsp3) is 0.750. The smallest absolute Gasteiger partial charge is 0.131 e. The van der Waals surface area contributed by atoms with Crippen molar-refractivity contribution in [1.29, 1.82) is 0 Å². The Labute approximate surface area is 102 Å². The van der Waals surface area contributed by atoms with Crippen LogP contribution >= 0.6 is 11.6 Å². The molecular weight excluding hydrogens is 222 g/mol. The van der Waals surface area contributed by atoms with Gasteiger partial charge in [0.2, 0.25) is 0 Å². The highest BCUT2D eigenvalue weighted by atomic mass is 35.5. The highest BCUT2D eigenvalue weighted by Crippen LogP contribution is 2.35. The predicted molar refractivity (Wildman–Crippen MR) is 67.1 cm³/mol. The first-order valence-electron chi connectivity index (χ1n) is 6.09. The third-order valence-electron chi connectivity index (χ3n) is 3.46. The molecule has 0 saturated heterocycles. The van der Waals surface area contributed by atoms with E-state index in [1.54, 1.807) is 0 Å². The van der Waals surface area contributed by atoms with Crippen LogP contribution in [0.5, 0.6) is 0 Å². The summed E-state index contributed by atoms with van der Waals surface area (Å²) in [5.74, 6) is 1.82. The van der Waals surface area contributed by atoms with Crippen molar-refractivity contribution in [2.75, 3.05) is 13.6 Å². The Morgan fingerprint density at radius 2 is 2.12 bits per heavy atom. The Morgan fingerprint density at radius 3 is 2.75 bits per heavy atom. The molecule has 90 valence electrons. The average Bonchev–Trinajstić information content (AvgIpc) is 2.88. The van der Waals surface area contributed by atoms with Gasteiger partial charge in [0.25, 0.3) is 0 Å². The third-order valence-corrected chi connectivity index (χ3v) is 3.93. The summed E-state index contributed by atoms with van der Waals surface area (Å²) in [6, 6.07) is 0.